The quantitative estimate of drug-likeness (QED) is 0.859. The molecule has 0 saturated carbocycles. The molecule has 1 aromatic carbocycles. The number of amides is 1. The second-order valence-electron chi connectivity index (χ2n) is 7.75. The van der Waals surface area contributed by atoms with Crippen LogP contribution in [0, 0.1) is 5.92 Å². The van der Waals surface area contributed by atoms with Crippen molar-refractivity contribution in [3.63, 3.8) is 0 Å². The summed E-state index contributed by atoms with van der Waals surface area (Å²) in [5.74, 6) is 0.0696. The minimum Gasteiger partial charge on any atom is -0.444 e. The number of nitrogens with zero attached hydrogens (tertiary/aromatic N) is 1. The van der Waals surface area contributed by atoms with E-state index in [4.69, 9.17) is 4.74 Å². The van der Waals surface area contributed by atoms with E-state index < -0.39 is 11.7 Å². The van der Waals surface area contributed by atoms with Gasteiger partial charge in [0.05, 0.1) is 6.10 Å². The van der Waals surface area contributed by atoms with E-state index in [-0.39, 0.29) is 18.1 Å². The highest BCUT2D eigenvalue weighted by atomic mass is 16.6. The lowest BCUT2D eigenvalue weighted by atomic mass is 9.87. The second-order valence-corrected chi connectivity index (χ2v) is 7.75. The van der Waals surface area contributed by atoms with Crippen LogP contribution in [0.4, 0.5) is 4.79 Å². The van der Waals surface area contributed by atoms with Crippen LogP contribution >= 0.6 is 0 Å². The Morgan fingerprint density at radius 2 is 2.00 bits per heavy atom. The lowest BCUT2D eigenvalue weighted by Gasteiger charge is -2.40. The number of benzene rings is 1. The van der Waals surface area contributed by atoms with Crippen LogP contribution in [0.3, 0.4) is 0 Å². The average Bonchev–Trinajstić information content (AvgIpc) is 2.83. The molecule has 23 heavy (non-hydrogen) atoms. The summed E-state index contributed by atoms with van der Waals surface area (Å²) in [5.41, 5.74) is 1.74. The maximum absolute atomic E-state index is 12.6. The lowest BCUT2D eigenvalue weighted by Crippen LogP contribution is -2.50. The van der Waals surface area contributed by atoms with Crippen molar-refractivity contribution < 1.29 is 14.6 Å². The largest absolute Gasteiger partial charge is 0.444 e. The zero-order valence-electron chi connectivity index (χ0n) is 14.3. The first-order chi connectivity index (χ1) is 10.9. The number of rotatable bonds is 1. The number of carbonyl (C=O) groups excluding carboxylic acids is 1. The number of hydrogen-bond donors (Lipinski definition) is 1. The molecule has 1 fully saturated rings. The summed E-state index contributed by atoms with van der Waals surface area (Å²) in [5, 5.41) is 10.7. The summed E-state index contributed by atoms with van der Waals surface area (Å²) in [4.78, 5) is 14.4. The fourth-order valence-electron chi connectivity index (χ4n) is 3.90. The van der Waals surface area contributed by atoms with Crippen LogP contribution in [0.15, 0.2) is 24.3 Å². The number of carbonyl (C=O) groups is 1. The number of likely N-dealkylation sites (tertiary alicyclic amines) is 1. The molecule has 0 bridgehead atoms. The van der Waals surface area contributed by atoms with Crippen molar-refractivity contribution in [2.75, 3.05) is 6.54 Å². The molecular weight excluding hydrogens is 290 g/mol. The molecule has 4 heteroatoms. The average molecular weight is 317 g/mol. The molecule has 1 N–H and O–H groups in total. The molecule has 0 aromatic heterocycles. The lowest BCUT2D eigenvalue weighted by molar-refractivity contribution is -0.0133. The second kappa shape index (κ2) is 6.16. The summed E-state index contributed by atoms with van der Waals surface area (Å²) in [6.07, 6.45) is 3.15. The first kappa shape index (κ1) is 16.3. The fraction of sp³-hybridized carbons (Fsp3) is 0.632. The van der Waals surface area contributed by atoms with E-state index in [1.807, 2.05) is 43.9 Å². The van der Waals surface area contributed by atoms with Gasteiger partial charge in [-0.05, 0) is 57.6 Å². The predicted molar refractivity (Wildman–Crippen MR) is 89.2 cm³/mol. The molecule has 4 nitrogen and oxygen atoms in total. The molecule has 3 unspecified atom stereocenters. The van der Waals surface area contributed by atoms with Crippen molar-refractivity contribution in [2.45, 2.75) is 64.2 Å². The molecule has 1 aliphatic heterocycles. The zero-order chi connectivity index (χ0) is 16.6. The first-order valence-corrected chi connectivity index (χ1v) is 8.62. The molecular formula is C19H27NO3. The number of aliphatic hydroxyl groups excluding tert-OH is 1. The number of ether oxygens (including phenoxy) is 1. The van der Waals surface area contributed by atoms with Crippen LogP contribution in [0.2, 0.25) is 0 Å². The maximum atomic E-state index is 12.6. The van der Waals surface area contributed by atoms with Crippen LogP contribution in [0.5, 0.6) is 0 Å². The summed E-state index contributed by atoms with van der Waals surface area (Å²) >= 11 is 0. The summed E-state index contributed by atoms with van der Waals surface area (Å²) in [6, 6.07) is 8.12. The van der Waals surface area contributed by atoms with E-state index in [1.54, 1.807) is 0 Å². The summed E-state index contributed by atoms with van der Waals surface area (Å²) in [6.45, 7) is 6.40. The van der Waals surface area contributed by atoms with E-state index >= 15 is 0 Å². The van der Waals surface area contributed by atoms with Crippen LogP contribution in [0.1, 0.15) is 57.3 Å². The van der Waals surface area contributed by atoms with Gasteiger partial charge in [0.1, 0.15) is 5.60 Å². The molecule has 1 amide bonds. The van der Waals surface area contributed by atoms with Crippen molar-refractivity contribution in [1.29, 1.82) is 0 Å². The van der Waals surface area contributed by atoms with Crippen molar-refractivity contribution in [3.05, 3.63) is 35.4 Å². The third kappa shape index (κ3) is 3.37. The Kier molecular flexibility index (Phi) is 4.37. The molecule has 3 atom stereocenters. The topological polar surface area (TPSA) is 49.8 Å². The van der Waals surface area contributed by atoms with E-state index in [0.717, 1.165) is 37.8 Å². The Hall–Kier alpha value is -1.55. The van der Waals surface area contributed by atoms with Crippen LogP contribution in [0.25, 0.3) is 0 Å². The molecule has 1 aliphatic carbocycles. The maximum Gasteiger partial charge on any atom is 0.410 e. The highest BCUT2D eigenvalue weighted by Gasteiger charge is 2.42. The molecule has 2 aliphatic rings. The Morgan fingerprint density at radius 1 is 1.26 bits per heavy atom. The molecule has 1 saturated heterocycles. The predicted octanol–water partition coefficient (Wildman–Crippen LogP) is 3.68. The highest BCUT2D eigenvalue weighted by molar-refractivity contribution is 5.68. The molecule has 1 heterocycles. The Labute approximate surface area is 138 Å². The van der Waals surface area contributed by atoms with Gasteiger partial charge in [0.2, 0.25) is 0 Å². The van der Waals surface area contributed by atoms with Crippen molar-refractivity contribution in [2.24, 2.45) is 5.92 Å². The van der Waals surface area contributed by atoms with E-state index in [2.05, 4.69) is 6.07 Å². The van der Waals surface area contributed by atoms with Gasteiger partial charge < -0.3 is 14.7 Å². The number of piperidine rings is 1. The summed E-state index contributed by atoms with van der Waals surface area (Å²) < 4.78 is 5.58. The molecule has 1 aromatic rings. The smallest absolute Gasteiger partial charge is 0.410 e. The Balaban J connectivity index is 1.79. The van der Waals surface area contributed by atoms with E-state index in [0.29, 0.717) is 0 Å². The summed E-state index contributed by atoms with van der Waals surface area (Å²) in [7, 11) is 0. The molecule has 0 radical (unpaired) electrons. The molecule has 0 spiro atoms. The fourth-order valence-corrected chi connectivity index (χ4v) is 3.90. The standard InChI is InChI=1S/C19H27NO3/c1-19(2,3)23-18(22)20-11-7-6-10-16(20)15-12-13-8-4-5-9-14(13)17(15)21/h4-5,8-9,15-17,21H,6-7,10-12H2,1-3H3. The van der Waals surface area contributed by atoms with Crippen molar-refractivity contribution in [3.8, 4) is 0 Å². The number of aliphatic hydroxyl groups is 1. The Bertz CT molecular complexity index is 578. The normalized spacial score (nSPS) is 27.7. The third-order valence-electron chi connectivity index (χ3n) is 4.91. The monoisotopic (exact) mass is 317 g/mol. The van der Waals surface area contributed by atoms with Gasteiger partial charge in [0, 0.05) is 18.5 Å². The Morgan fingerprint density at radius 3 is 2.70 bits per heavy atom. The minimum absolute atomic E-state index is 0.0565. The molecule has 3 rings (SSSR count). The van der Waals surface area contributed by atoms with Crippen LogP contribution < -0.4 is 0 Å². The van der Waals surface area contributed by atoms with Gasteiger partial charge in [-0.2, -0.15) is 0 Å². The van der Waals surface area contributed by atoms with Crippen LogP contribution in [-0.2, 0) is 11.2 Å². The van der Waals surface area contributed by atoms with Gasteiger partial charge in [0.15, 0.2) is 0 Å². The van der Waals surface area contributed by atoms with Gasteiger partial charge in [-0.3, -0.25) is 0 Å². The molecule has 126 valence electrons. The van der Waals surface area contributed by atoms with E-state index in [1.165, 1.54) is 5.56 Å². The highest BCUT2D eigenvalue weighted by Crippen LogP contribution is 2.41. The SMILES string of the molecule is CC(C)(C)OC(=O)N1CCCCC1C1Cc2ccccc2C1O. The van der Waals surface area contributed by atoms with Crippen LogP contribution in [-0.4, -0.2) is 34.3 Å². The van der Waals surface area contributed by atoms with Gasteiger partial charge in [-0.15, -0.1) is 0 Å². The minimum atomic E-state index is -0.490. The first-order valence-electron chi connectivity index (χ1n) is 8.62. The zero-order valence-corrected chi connectivity index (χ0v) is 14.3. The number of fused-ring (bicyclic) bond motifs is 1. The van der Waals surface area contributed by atoms with E-state index in [9.17, 15) is 9.90 Å². The third-order valence-corrected chi connectivity index (χ3v) is 4.91. The van der Waals surface area contributed by atoms with Gasteiger partial charge in [0.25, 0.3) is 0 Å². The van der Waals surface area contributed by atoms with Gasteiger partial charge in [-0.25, -0.2) is 4.79 Å². The van der Waals surface area contributed by atoms with Crippen molar-refractivity contribution in [1.82, 2.24) is 4.90 Å². The van der Waals surface area contributed by atoms with Gasteiger partial charge in [-0.1, -0.05) is 24.3 Å². The number of hydrogen-bond acceptors (Lipinski definition) is 3. The van der Waals surface area contributed by atoms with Gasteiger partial charge >= 0.3 is 6.09 Å². The van der Waals surface area contributed by atoms with Crippen molar-refractivity contribution >= 4 is 6.09 Å².